The highest BCUT2D eigenvalue weighted by Crippen LogP contribution is 2.43. The topological polar surface area (TPSA) is 98.4 Å². The molecule has 1 aromatic heterocycles. The van der Waals surface area contributed by atoms with Crippen molar-refractivity contribution in [2.24, 2.45) is 0 Å². The van der Waals surface area contributed by atoms with Gasteiger partial charge in [0.1, 0.15) is 5.82 Å². The van der Waals surface area contributed by atoms with Crippen molar-refractivity contribution >= 4 is 22.7 Å². The molecule has 0 radical (unpaired) electrons. The summed E-state index contributed by atoms with van der Waals surface area (Å²) in [6, 6.07) is 16.5. The van der Waals surface area contributed by atoms with Crippen LogP contribution in [0, 0.1) is 5.82 Å². The number of aliphatic hydroxyl groups is 1. The second-order valence-corrected chi connectivity index (χ2v) is 8.89. The van der Waals surface area contributed by atoms with Crippen molar-refractivity contribution in [1.82, 2.24) is 4.90 Å². The van der Waals surface area contributed by atoms with Crippen LogP contribution in [0.4, 0.5) is 4.39 Å². The molecule has 1 atom stereocenters. The Labute approximate surface area is 223 Å². The van der Waals surface area contributed by atoms with Crippen LogP contribution in [0.3, 0.4) is 0 Å². The minimum Gasteiger partial charge on any atom is -0.503 e. The summed E-state index contributed by atoms with van der Waals surface area (Å²) in [4.78, 5) is 28.7. The molecule has 1 unspecified atom stereocenters. The van der Waals surface area contributed by atoms with Crippen LogP contribution in [-0.4, -0.2) is 42.5 Å². The molecule has 4 aromatic rings. The molecule has 3 aromatic carbocycles. The second kappa shape index (κ2) is 10.5. The maximum atomic E-state index is 13.9. The number of furan rings is 1. The summed E-state index contributed by atoms with van der Waals surface area (Å²) in [6.45, 7) is 2.19. The highest BCUT2D eigenvalue weighted by molar-refractivity contribution is 6.16. The minimum atomic E-state index is -0.990. The van der Waals surface area contributed by atoms with Gasteiger partial charge in [-0.3, -0.25) is 9.59 Å². The summed E-state index contributed by atoms with van der Waals surface area (Å²) in [7, 11) is 3.00. The predicted molar refractivity (Wildman–Crippen MR) is 141 cm³/mol. The zero-order valence-electron chi connectivity index (χ0n) is 21.6. The van der Waals surface area contributed by atoms with Crippen LogP contribution in [0.5, 0.6) is 17.2 Å². The minimum absolute atomic E-state index is 0.00850. The van der Waals surface area contributed by atoms with Gasteiger partial charge in [0.2, 0.25) is 5.78 Å². The van der Waals surface area contributed by atoms with Gasteiger partial charge in [0.25, 0.3) is 5.91 Å². The van der Waals surface area contributed by atoms with Gasteiger partial charge in [-0.1, -0.05) is 30.3 Å². The van der Waals surface area contributed by atoms with E-state index >= 15 is 0 Å². The Morgan fingerprint density at radius 3 is 2.44 bits per heavy atom. The molecule has 0 saturated carbocycles. The van der Waals surface area contributed by atoms with E-state index in [0.717, 1.165) is 0 Å². The zero-order chi connectivity index (χ0) is 27.7. The normalized spacial score (nSPS) is 15.2. The van der Waals surface area contributed by atoms with Crippen molar-refractivity contribution in [2.45, 2.75) is 19.5 Å². The molecule has 1 aliphatic rings. The number of hydrogen-bond acceptors (Lipinski definition) is 7. The number of para-hydroxylation sites is 1. The first-order valence-electron chi connectivity index (χ1n) is 12.3. The summed E-state index contributed by atoms with van der Waals surface area (Å²) in [5.41, 5.74) is 1.35. The molecule has 0 saturated heterocycles. The number of benzene rings is 3. The summed E-state index contributed by atoms with van der Waals surface area (Å²) in [5, 5.41) is 11.7. The number of amides is 1. The zero-order valence-corrected chi connectivity index (χ0v) is 21.6. The van der Waals surface area contributed by atoms with E-state index in [0.29, 0.717) is 46.0 Å². The maximum absolute atomic E-state index is 13.9. The summed E-state index contributed by atoms with van der Waals surface area (Å²) >= 11 is 0. The van der Waals surface area contributed by atoms with Crippen LogP contribution in [0.1, 0.15) is 34.6 Å². The number of ketones is 1. The van der Waals surface area contributed by atoms with Gasteiger partial charge < -0.3 is 28.6 Å². The quantitative estimate of drug-likeness (QED) is 0.274. The third-order valence-corrected chi connectivity index (χ3v) is 6.57. The molecule has 2 heterocycles. The van der Waals surface area contributed by atoms with Crippen LogP contribution in [0.2, 0.25) is 0 Å². The molecule has 8 nitrogen and oxygen atoms in total. The van der Waals surface area contributed by atoms with Crippen molar-refractivity contribution < 1.29 is 37.7 Å². The lowest BCUT2D eigenvalue weighted by molar-refractivity contribution is -0.130. The van der Waals surface area contributed by atoms with E-state index in [1.807, 2.05) is 6.92 Å². The molecule has 1 aliphatic heterocycles. The first-order chi connectivity index (χ1) is 18.9. The second-order valence-electron chi connectivity index (χ2n) is 8.89. The molecule has 200 valence electrons. The van der Waals surface area contributed by atoms with E-state index < -0.39 is 29.3 Å². The lowest BCUT2D eigenvalue weighted by atomic mass is 9.94. The number of aliphatic hydroxyl groups excluding tert-OH is 1. The summed E-state index contributed by atoms with van der Waals surface area (Å²) < 4.78 is 35.9. The third-order valence-electron chi connectivity index (χ3n) is 6.57. The van der Waals surface area contributed by atoms with E-state index in [-0.39, 0.29) is 17.9 Å². The largest absolute Gasteiger partial charge is 0.503 e. The van der Waals surface area contributed by atoms with Crippen molar-refractivity contribution in [3.8, 4) is 17.2 Å². The van der Waals surface area contributed by atoms with Gasteiger partial charge in [-0.15, -0.1) is 0 Å². The smallest absolute Gasteiger partial charge is 0.290 e. The fourth-order valence-electron chi connectivity index (χ4n) is 4.76. The number of nitrogens with zero attached hydrogens (tertiary/aromatic N) is 1. The SMILES string of the molecule is CCOc1cc(C2C(C(=O)c3cc4cccc(OC)c4o3)=C(O)C(=O)N2Cc2ccc(F)cc2)ccc1OC. The number of Topliss-reactive ketones (excluding diaryl/α,β-unsaturated/α-hetero) is 1. The molecule has 0 bridgehead atoms. The van der Waals surface area contributed by atoms with E-state index in [9.17, 15) is 19.1 Å². The molecule has 5 rings (SSSR count). The van der Waals surface area contributed by atoms with E-state index in [1.54, 1.807) is 54.6 Å². The van der Waals surface area contributed by atoms with Crippen molar-refractivity contribution in [3.05, 3.63) is 101 Å². The van der Waals surface area contributed by atoms with Gasteiger partial charge in [-0.05, 0) is 54.4 Å². The average molecular weight is 532 g/mol. The standard InChI is InChI=1S/C30H26FNO7/c1-4-38-23-14-18(10-13-21(23)36-2)26-25(27(33)24-15-19-6-5-7-22(37-3)29(19)39-24)28(34)30(35)32(26)16-17-8-11-20(31)12-9-17/h5-15,26,34H,4,16H2,1-3H3. The number of carbonyl (C=O) groups excluding carboxylic acids is 2. The number of carbonyl (C=O) groups is 2. The maximum Gasteiger partial charge on any atom is 0.290 e. The predicted octanol–water partition coefficient (Wildman–Crippen LogP) is 5.77. The van der Waals surface area contributed by atoms with Crippen molar-refractivity contribution in [3.63, 3.8) is 0 Å². The molecular formula is C30H26FNO7. The summed E-state index contributed by atoms with van der Waals surface area (Å²) in [6.07, 6.45) is 0. The first-order valence-corrected chi connectivity index (χ1v) is 12.3. The van der Waals surface area contributed by atoms with Gasteiger partial charge in [-0.2, -0.15) is 0 Å². The highest BCUT2D eigenvalue weighted by atomic mass is 19.1. The van der Waals surface area contributed by atoms with Crippen molar-refractivity contribution in [2.75, 3.05) is 20.8 Å². The highest BCUT2D eigenvalue weighted by Gasteiger charge is 2.45. The number of ether oxygens (including phenoxy) is 3. The van der Waals surface area contributed by atoms with Gasteiger partial charge in [0, 0.05) is 11.9 Å². The molecule has 0 spiro atoms. The molecular weight excluding hydrogens is 505 g/mol. The van der Waals surface area contributed by atoms with Gasteiger partial charge in [0.05, 0.1) is 32.4 Å². The van der Waals surface area contributed by atoms with Crippen LogP contribution in [0.15, 0.2) is 82.5 Å². The van der Waals surface area contributed by atoms with Gasteiger partial charge in [0.15, 0.2) is 34.4 Å². The average Bonchev–Trinajstić information content (AvgIpc) is 3.49. The van der Waals surface area contributed by atoms with E-state index in [2.05, 4.69) is 0 Å². The number of fused-ring (bicyclic) bond motifs is 1. The Morgan fingerprint density at radius 1 is 1.00 bits per heavy atom. The van der Waals surface area contributed by atoms with E-state index in [1.165, 1.54) is 31.3 Å². The fraction of sp³-hybridized carbons (Fsp3) is 0.200. The van der Waals surface area contributed by atoms with Crippen molar-refractivity contribution in [1.29, 1.82) is 0 Å². The first kappa shape index (κ1) is 25.8. The van der Waals surface area contributed by atoms with Crippen LogP contribution >= 0.6 is 0 Å². The van der Waals surface area contributed by atoms with E-state index in [4.69, 9.17) is 18.6 Å². The van der Waals surface area contributed by atoms with Crippen LogP contribution in [0.25, 0.3) is 11.0 Å². The Bertz CT molecular complexity index is 1590. The third kappa shape index (κ3) is 4.67. The molecule has 1 amide bonds. The molecule has 1 N–H and O–H groups in total. The molecule has 0 fully saturated rings. The fourth-order valence-corrected chi connectivity index (χ4v) is 4.76. The summed E-state index contributed by atoms with van der Waals surface area (Å²) in [5.74, 6) is -1.23. The monoisotopic (exact) mass is 531 g/mol. The van der Waals surface area contributed by atoms with Crippen LogP contribution in [-0.2, 0) is 11.3 Å². The van der Waals surface area contributed by atoms with Crippen LogP contribution < -0.4 is 14.2 Å². The molecule has 0 aliphatic carbocycles. The number of rotatable bonds is 9. The van der Waals surface area contributed by atoms with Gasteiger partial charge >= 0.3 is 0 Å². The van der Waals surface area contributed by atoms with Gasteiger partial charge in [-0.25, -0.2) is 4.39 Å². The Kier molecular flexibility index (Phi) is 6.98. The lowest BCUT2D eigenvalue weighted by Crippen LogP contribution is -2.30. The molecule has 9 heteroatoms. The Morgan fingerprint density at radius 2 is 1.74 bits per heavy atom. The molecule has 39 heavy (non-hydrogen) atoms. The Hall–Kier alpha value is -4.79. The lowest BCUT2D eigenvalue weighted by Gasteiger charge is -2.27. The number of methoxy groups -OCH3 is 2. The number of hydrogen-bond donors (Lipinski definition) is 1. The number of halogens is 1. The Balaban J connectivity index is 1.63.